The van der Waals surface area contributed by atoms with Gasteiger partial charge in [-0.2, -0.15) is 0 Å². The Morgan fingerprint density at radius 1 is 0.347 bits per heavy atom. The third-order valence-corrected chi connectivity index (χ3v) is 18.2. The van der Waals surface area contributed by atoms with Crippen molar-refractivity contribution in [1.82, 2.24) is 0 Å². The summed E-state index contributed by atoms with van der Waals surface area (Å²) < 4.78 is 13.5. The first-order valence-electron chi connectivity index (χ1n) is 27.2. The number of ether oxygens (including phenoxy) is 2. The van der Waals surface area contributed by atoms with Gasteiger partial charge in [-0.1, -0.05) is 118 Å². The van der Waals surface area contributed by atoms with Crippen LogP contribution in [0.4, 0.5) is 0 Å². The third-order valence-electron chi connectivity index (χ3n) is 18.2. The summed E-state index contributed by atoms with van der Waals surface area (Å²) in [5.41, 5.74) is 7.61. The van der Waals surface area contributed by atoms with E-state index in [-0.39, 0.29) is 58.6 Å². The van der Waals surface area contributed by atoms with Crippen molar-refractivity contribution < 1.29 is 39.5 Å². The molecule has 8 nitrogen and oxygen atoms in total. The van der Waals surface area contributed by atoms with Crippen LogP contribution in [0.5, 0.6) is 23.0 Å². The van der Waals surface area contributed by atoms with Gasteiger partial charge in [-0.15, -0.1) is 0 Å². The molecule has 8 heteroatoms. The van der Waals surface area contributed by atoms with Gasteiger partial charge < -0.3 is 29.9 Å². The van der Waals surface area contributed by atoms with Crippen LogP contribution in [0.25, 0.3) is 0 Å². The van der Waals surface area contributed by atoms with Crippen LogP contribution in [0.2, 0.25) is 0 Å². The molecule has 6 aliphatic rings. The second-order valence-corrected chi connectivity index (χ2v) is 22.1. The fourth-order valence-electron chi connectivity index (χ4n) is 14.4. The molecule has 4 saturated carbocycles. The van der Waals surface area contributed by atoms with E-state index in [0.29, 0.717) is 11.1 Å². The number of carbonyl (C=O) groups is 2. The fraction of sp³-hybridized carbons (Fsp3) is 0.406. The molecule has 0 amide bonds. The second-order valence-electron chi connectivity index (χ2n) is 22.1. The summed E-state index contributed by atoms with van der Waals surface area (Å²) in [6, 6.07) is 36.6. The smallest absolute Gasteiger partial charge is 0.340 e. The number of benzene rings is 6. The van der Waals surface area contributed by atoms with Crippen molar-refractivity contribution in [2.24, 2.45) is 0 Å². The minimum absolute atomic E-state index is 0.00331. The number of hydrogen-bond donors (Lipinski definition) is 4. The lowest BCUT2D eigenvalue weighted by molar-refractivity contribution is 0.0241. The van der Waals surface area contributed by atoms with Gasteiger partial charge in [0.25, 0.3) is 0 Å². The highest BCUT2D eigenvalue weighted by Crippen LogP contribution is 2.55. The maximum Gasteiger partial charge on any atom is 0.340 e. The van der Waals surface area contributed by atoms with Crippen LogP contribution >= 0.6 is 0 Å². The van der Waals surface area contributed by atoms with Gasteiger partial charge in [-0.05, 0) is 176 Å². The van der Waals surface area contributed by atoms with E-state index in [2.05, 4.69) is 24.3 Å². The molecule has 4 fully saturated rings. The second kappa shape index (κ2) is 18.8. The summed E-state index contributed by atoms with van der Waals surface area (Å²) >= 11 is 0. The van der Waals surface area contributed by atoms with E-state index in [9.17, 15) is 30.0 Å². The Hall–Kier alpha value is -6.54. The van der Waals surface area contributed by atoms with Crippen molar-refractivity contribution in [3.63, 3.8) is 0 Å². The minimum Gasteiger partial charge on any atom is -0.508 e. The van der Waals surface area contributed by atoms with Gasteiger partial charge in [0.05, 0.1) is 11.1 Å². The number of phenols is 4. The topological polar surface area (TPSA) is 134 Å². The average molecular weight is 963 g/mol. The third kappa shape index (κ3) is 7.77. The number of carbonyl (C=O) groups excluding carboxylic acids is 2. The van der Waals surface area contributed by atoms with Crippen molar-refractivity contribution in [3.8, 4) is 23.0 Å². The zero-order chi connectivity index (χ0) is 49.1. The molecular weight excluding hydrogens is 897 g/mol. The Morgan fingerprint density at radius 3 is 1.12 bits per heavy atom. The molecule has 1 unspecified atom stereocenters. The number of esters is 2. The molecule has 0 aromatic heterocycles. The standard InChI is InChI=1S/C64H66O8/c65-56-31-27-44(35-50(56)39-13-4-1-5-14-39)63(54-21-11-10-19-49(54)61(69)71-63)45-28-32-59(68)53(36-45)43-25-23-42(24-26-43)48-20-12-22-55-60(48)62(70)72-64(55,46-29-33-57(66)51(37-46)40-15-6-2-7-16-40)47-30-34-58(67)52(38-47)41-17-8-3-9-18-41/h10-12,19-22,27-43,65-68H,1-9,13-18,23-26H2. The predicted octanol–water partition coefficient (Wildman–Crippen LogP) is 15.0. The zero-order valence-electron chi connectivity index (χ0n) is 41.2. The van der Waals surface area contributed by atoms with Gasteiger partial charge in [-0.25, -0.2) is 9.59 Å². The molecule has 0 radical (unpaired) electrons. The van der Waals surface area contributed by atoms with E-state index < -0.39 is 17.2 Å². The molecule has 370 valence electrons. The van der Waals surface area contributed by atoms with Gasteiger partial charge in [0.1, 0.15) is 23.0 Å². The molecular formula is C64H66O8. The lowest BCUT2D eigenvalue weighted by Crippen LogP contribution is -2.30. The molecule has 0 bridgehead atoms. The summed E-state index contributed by atoms with van der Waals surface area (Å²) in [4.78, 5) is 28.7. The molecule has 12 rings (SSSR count). The monoisotopic (exact) mass is 962 g/mol. The van der Waals surface area contributed by atoms with Crippen molar-refractivity contribution in [2.75, 3.05) is 0 Å². The Bertz CT molecular complexity index is 2980. The average Bonchev–Trinajstić information content (AvgIpc) is 3.91. The zero-order valence-corrected chi connectivity index (χ0v) is 41.2. The maximum atomic E-state index is 14.9. The van der Waals surface area contributed by atoms with Gasteiger partial charge in [-0.3, -0.25) is 0 Å². The lowest BCUT2D eigenvalue weighted by Gasteiger charge is -2.34. The molecule has 72 heavy (non-hydrogen) atoms. The number of hydrogen-bond acceptors (Lipinski definition) is 8. The van der Waals surface area contributed by atoms with Crippen molar-refractivity contribution in [2.45, 2.75) is 163 Å². The normalized spacial score (nSPS) is 23.6. The molecule has 1 atom stereocenters. The molecule has 0 spiro atoms. The summed E-state index contributed by atoms with van der Waals surface area (Å²) in [6.45, 7) is 0. The summed E-state index contributed by atoms with van der Waals surface area (Å²) in [6.07, 6.45) is 19.3. The molecule has 2 aliphatic heterocycles. The van der Waals surface area contributed by atoms with Crippen LogP contribution in [0.15, 0.2) is 115 Å². The quantitative estimate of drug-likeness (QED) is 0.105. The Kier molecular flexibility index (Phi) is 12.2. The molecule has 4 N–H and O–H groups in total. The van der Waals surface area contributed by atoms with Crippen LogP contribution in [-0.2, 0) is 20.7 Å². The largest absolute Gasteiger partial charge is 0.508 e. The number of fused-ring (bicyclic) bond motifs is 2. The van der Waals surface area contributed by atoms with E-state index in [4.69, 9.17) is 9.47 Å². The predicted molar refractivity (Wildman–Crippen MR) is 277 cm³/mol. The van der Waals surface area contributed by atoms with Crippen LogP contribution < -0.4 is 0 Å². The Balaban J connectivity index is 0.898. The van der Waals surface area contributed by atoms with E-state index in [1.807, 2.05) is 66.7 Å². The summed E-state index contributed by atoms with van der Waals surface area (Å²) in [7, 11) is 0. The van der Waals surface area contributed by atoms with Gasteiger partial charge >= 0.3 is 11.9 Å². The maximum absolute atomic E-state index is 14.9. The number of phenolic OH excluding ortho intramolecular Hbond substituents is 4. The number of cyclic esters (lactones) is 2. The first kappa shape index (κ1) is 46.5. The lowest BCUT2D eigenvalue weighted by atomic mass is 9.71. The molecule has 2 heterocycles. The minimum atomic E-state index is -1.30. The highest BCUT2D eigenvalue weighted by Gasteiger charge is 2.52. The highest BCUT2D eigenvalue weighted by molar-refractivity contribution is 5.98. The fourth-order valence-corrected chi connectivity index (χ4v) is 14.4. The summed E-state index contributed by atoms with van der Waals surface area (Å²) in [5.74, 6) is 0.918. The summed E-state index contributed by atoms with van der Waals surface area (Å²) in [5, 5.41) is 45.7. The van der Waals surface area contributed by atoms with E-state index in [1.165, 1.54) is 19.3 Å². The molecule has 6 aromatic rings. The van der Waals surface area contributed by atoms with Crippen LogP contribution in [-0.4, -0.2) is 32.4 Å². The Labute approximate surface area is 423 Å². The van der Waals surface area contributed by atoms with Gasteiger partial charge in [0.2, 0.25) is 0 Å². The van der Waals surface area contributed by atoms with Crippen molar-refractivity contribution in [3.05, 3.63) is 188 Å². The highest BCUT2D eigenvalue weighted by atomic mass is 16.6. The van der Waals surface area contributed by atoms with E-state index in [1.54, 1.807) is 24.3 Å². The molecule has 4 aliphatic carbocycles. The first-order chi connectivity index (χ1) is 35.1. The van der Waals surface area contributed by atoms with Crippen molar-refractivity contribution in [1.29, 1.82) is 0 Å². The number of aromatic hydroxyl groups is 4. The van der Waals surface area contributed by atoms with Crippen LogP contribution in [0.3, 0.4) is 0 Å². The van der Waals surface area contributed by atoms with Gasteiger partial charge in [0.15, 0.2) is 11.2 Å². The first-order valence-corrected chi connectivity index (χ1v) is 27.2. The SMILES string of the molecule is O=C1OC(c2ccc(O)c(C3CCCCC3)c2)(c2ccc(O)c(C3CCC(c4cccc5c4C(=O)OC5(c4ccc(O)c(C5CCCCC5)c4)c4ccc(O)c(C5CCCCC5)c4)CC3)c2)c2ccccc21. The molecule has 0 saturated heterocycles. The van der Waals surface area contributed by atoms with E-state index in [0.717, 1.165) is 164 Å². The van der Waals surface area contributed by atoms with Crippen LogP contribution in [0, 0.1) is 0 Å². The van der Waals surface area contributed by atoms with Gasteiger partial charge in [0, 0.05) is 33.4 Å². The van der Waals surface area contributed by atoms with E-state index >= 15 is 0 Å². The Morgan fingerprint density at radius 2 is 0.694 bits per heavy atom. The number of rotatable bonds is 9. The molecule has 6 aromatic carbocycles. The van der Waals surface area contributed by atoms with Crippen LogP contribution in [0.1, 0.15) is 233 Å². The van der Waals surface area contributed by atoms with Crippen molar-refractivity contribution >= 4 is 11.9 Å².